The molecule has 0 amide bonds. The molecule has 0 rings (SSSR count). The van der Waals surface area contributed by atoms with Crippen molar-refractivity contribution in [1.82, 2.24) is 0 Å². The molecule has 0 unspecified atom stereocenters. The molecule has 3 atom stereocenters. The van der Waals surface area contributed by atoms with Crippen LogP contribution in [-0.2, 0) is 4.79 Å². The lowest BCUT2D eigenvalue weighted by molar-refractivity contribution is -0.136. The van der Waals surface area contributed by atoms with Crippen molar-refractivity contribution in [3.05, 3.63) is 0 Å². The van der Waals surface area contributed by atoms with Crippen LogP contribution in [0.1, 0.15) is 0 Å². The number of aliphatic hydroxyl groups excluding tert-OH is 4. The van der Waals surface area contributed by atoms with E-state index in [1.54, 1.807) is 0 Å². The summed E-state index contributed by atoms with van der Waals surface area (Å²) < 4.78 is 0. The first kappa shape index (κ1) is 11.5. The van der Waals surface area contributed by atoms with Crippen LogP contribution in [0.4, 0.5) is 0 Å². The predicted molar refractivity (Wildman–Crippen MR) is 39.2 cm³/mol. The van der Waals surface area contributed by atoms with Crippen LogP contribution < -0.4 is 5.73 Å². The fraction of sp³-hybridized carbons (Fsp3) is 0.833. The van der Waals surface area contributed by atoms with Crippen LogP contribution in [0.5, 0.6) is 0 Å². The first-order valence-electron chi connectivity index (χ1n) is 3.40. The van der Waals surface area contributed by atoms with E-state index >= 15 is 0 Å². The highest BCUT2D eigenvalue weighted by molar-refractivity contribution is 5.84. The van der Waals surface area contributed by atoms with Gasteiger partial charge in [-0.2, -0.15) is 0 Å². The second-order valence-electron chi connectivity index (χ2n) is 2.41. The van der Waals surface area contributed by atoms with Gasteiger partial charge in [0.15, 0.2) is 5.78 Å². The summed E-state index contributed by atoms with van der Waals surface area (Å²) >= 11 is 0. The fourth-order valence-electron chi connectivity index (χ4n) is 0.626. The van der Waals surface area contributed by atoms with Crippen molar-refractivity contribution in [2.75, 3.05) is 13.2 Å². The van der Waals surface area contributed by atoms with Gasteiger partial charge in [-0.15, -0.1) is 0 Å². The van der Waals surface area contributed by atoms with Crippen molar-refractivity contribution in [3.63, 3.8) is 0 Å². The van der Waals surface area contributed by atoms with E-state index in [0.29, 0.717) is 0 Å². The monoisotopic (exact) mass is 179 g/mol. The second kappa shape index (κ2) is 5.18. The van der Waals surface area contributed by atoms with E-state index in [4.69, 9.17) is 26.2 Å². The minimum absolute atomic E-state index is 0.545. The maximum absolute atomic E-state index is 10.6. The van der Waals surface area contributed by atoms with E-state index in [9.17, 15) is 4.79 Å². The molecule has 0 aliphatic heterocycles. The maximum atomic E-state index is 10.6. The van der Waals surface area contributed by atoms with E-state index in [2.05, 4.69) is 0 Å². The Morgan fingerprint density at radius 1 is 1.33 bits per heavy atom. The van der Waals surface area contributed by atoms with Crippen LogP contribution in [0.2, 0.25) is 0 Å². The van der Waals surface area contributed by atoms with Gasteiger partial charge in [0.25, 0.3) is 0 Å². The molecule has 72 valence electrons. The molecule has 0 radical (unpaired) electrons. The average Bonchev–Trinajstić information content (AvgIpc) is 2.12. The predicted octanol–water partition coefficient (Wildman–Crippen LogP) is -3.41. The SMILES string of the molecule is N[C@H](CO)[C@H](O)[C@@H](O)C(=O)CO. The van der Waals surface area contributed by atoms with Crippen molar-refractivity contribution in [2.45, 2.75) is 18.2 Å². The number of hydrogen-bond donors (Lipinski definition) is 5. The number of carbonyl (C=O) groups excluding carboxylic acids is 1. The van der Waals surface area contributed by atoms with Crippen LogP contribution in [-0.4, -0.2) is 57.7 Å². The molecule has 6 nitrogen and oxygen atoms in total. The van der Waals surface area contributed by atoms with Gasteiger partial charge in [0.1, 0.15) is 18.8 Å². The van der Waals surface area contributed by atoms with Crippen molar-refractivity contribution in [1.29, 1.82) is 0 Å². The number of rotatable bonds is 5. The topological polar surface area (TPSA) is 124 Å². The summed E-state index contributed by atoms with van der Waals surface area (Å²) in [4.78, 5) is 10.6. The summed E-state index contributed by atoms with van der Waals surface area (Å²) in [5.41, 5.74) is 5.12. The molecule has 0 fully saturated rings. The Kier molecular flexibility index (Phi) is 4.95. The molecular weight excluding hydrogens is 166 g/mol. The van der Waals surface area contributed by atoms with Crippen molar-refractivity contribution in [3.8, 4) is 0 Å². The lowest BCUT2D eigenvalue weighted by Gasteiger charge is -2.20. The van der Waals surface area contributed by atoms with Gasteiger partial charge in [-0.25, -0.2) is 0 Å². The smallest absolute Gasteiger partial charge is 0.189 e. The number of carbonyl (C=O) groups is 1. The molecule has 0 aliphatic rings. The summed E-state index contributed by atoms with van der Waals surface area (Å²) in [7, 11) is 0. The Balaban J connectivity index is 4.08. The van der Waals surface area contributed by atoms with Crippen LogP contribution in [0.15, 0.2) is 0 Å². The van der Waals surface area contributed by atoms with Crippen LogP contribution >= 0.6 is 0 Å². The van der Waals surface area contributed by atoms with E-state index in [0.717, 1.165) is 0 Å². The Labute approximate surface area is 69.2 Å². The Bertz CT molecular complexity index is 151. The highest BCUT2D eigenvalue weighted by atomic mass is 16.3. The quantitative estimate of drug-likeness (QED) is 0.299. The van der Waals surface area contributed by atoms with Gasteiger partial charge in [-0.05, 0) is 0 Å². The molecule has 6 heteroatoms. The molecule has 0 spiro atoms. The van der Waals surface area contributed by atoms with Crippen molar-refractivity contribution >= 4 is 5.78 Å². The first-order chi connectivity index (χ1) is 5.54. The van der Waals surface area contributed by atoms with Crippen LogP contribution in [0, 0.1) is 0 Å². The Morgan fingerprint density at radius 2 is 1.83 bits per heavy atom. The van der Waals surface area contributed by atoms with E-state index in [1.807, 2.05) is 0 Å². The minimum Gasteiger partial charge on any atom is -0.395 e. The highest BCUT2D eigenvalue weighted by Gasteiger charge is 2.27. The number of nitrogens with two attached hydrogens (primary N) is 1. The maximum Gasteiger partial charge on any atom is 0.189 e. The first-order valence-corrected chi connectivity index (χ1v) is 3.40. The zero-order valence-electron chi connectivity index (χ0n) is 6.42. The molecule has 12 heavy (non-hydrogen) atoms. The molecule has 0 aliphatic carbocycles. The number of ketones is 1. The van der Waals surface area contributed by atoms with E-state index < -0.39 is 37.2 Å². The Morgan fingerprint density at radius 3 is 2.17 bits per heavy atom. The van der Waals surface area contributed by atoms with Gasteiger partial charge in [0, 0.05) is 0 Å². The summed E-state index contributed by atoms with van der Waals surface area (Å²) in [6, 6.07) is -1.09. The van der Waals surface area contributed by atoms with Gasteiger partial charge in [-0.1, -0.05) is 0 Å². The number of Topliss-reactive ketones (excluding diaryl/α,β-unsaturated/α-hetero) is 1. The molecule has 0 saturated carbocycles. The third kappa shape index (κ3) is 2.84. The highest BCUT2D eigenvalue weighted by Crippen LogP contribution is 1.98. The molecule has 0 aromatic carbocycles. The van der Waals surface area contributed by atoms with E-state index in [1.165, 1.54) is 0 Å². The van der Waals surface area contributed by atoms with Gasteiger partial charge in [0.2, 0.25) is 0 Å². The third-order valence-electron chi connectivity index (χ3n) is 1.46. The molecule has 0 heterocycles. The Hall–Kier alpha value is -0.530. The lowest BCUT2D eigenvalue weighted by Crippen LogP contribution is -2.49. The lowest BCUT2D eigenvalue weighted by atomic mass is 10.0. The summed E-state index contributed by atoms with van der Waals surface area (Å²) in [6.07, 6.45) is -3.29. The zero-order valence-corrected chi connectivity index (χ0v) is 6.42. The summed E-state index contributed by atoms with van der Waals surface area (Å²) in [5, 5.41) is 34.7. The normalized spacial score (nSPS) is 18.4. The van der Waals surface area contributed by atoms with Crippen LogP contribution in [0.25, 0.3) is 0 Å². The van der Waals surface area contributed by atoms with Crippen molar-refractivity contribution < 1.29 is 25.2 Å². The standard InChI is InChI=1S/C6H13NO5/c7-3(1-8)5(11)6(12)4(10)2-9/h3,5-6,8-9,11-12H,1-2,7H2/t3-,5+,6+/m1/s1. The summed E-state index contributed by atoms with van der Waals surface area (Å²) in [6.45, 7) is -1.41. The fourth-order valence-corrected chi connectivity index (χ4v) is 0.626. The molecular formula is C6H13NO5. The molecule has 0 aromatic heterocycles. The molecule has 0 bridgehead atoms. The third-order valence-corrected chi connectivity index (χ3v) is 1.46. The van der Waals surface area contributed by atoms with E-state index in [-0.39, 0.29) is 0 Å². The summed E-state index contributed by atoms with van der Waals surface area (Å²) in [5.74, 6) is -0.925. The average molecular weight is 179 g/mol. The largest absolute Gasteiger partial charge is 0.395 e. The number of hydrogen-bond acceptors (Lipinski definition) is 6. The van der Waals surface area contributed by atoms with Crippen LogP contribution in [0.3, 0.4) is 0 Å². The molecule has 6 N–H and O–H groups in total. The molecule has 0 saturated heterocycles. The molecule has 0 aromatic rings. The van der Waals surface area contributed by atoms with Gasteiger partial charge < -0.3 is 26.2 Å². The van der Waals surface area contributed by atoms with Gasteiger partial charge in [0.05, 0.1) is 12.6 Å². The number of aliphatic hydroxyl groups is 4. The zero-order chi connectivity index (χ0) is 9.72. The minimum atomic E-state index is -1.74. The van der Waals surface area contributed by atoms with Gasteiger partial charge >= 0.3 is 0 Å². The van der Waals surface area contributed by atoms with Gasteiger partial charge in [-0.3, -0.25) is 4.79 Å². The van der Waals surface area contributed by atoms with Crippen molar-refractivity contribution in [2.24, 2.45) is 5.73 Å². The second-order valence-corrected chi connectivity index (χ2v) is 2.41.